The summed E-state index contributed by atoms with van der Waals surface area (Å²) < 4.78 is 0.833. The summed E-state index contributed by atoms with van der Waals surface area (Å²) in [6.45, 7) is 1.77. The maximum Gasteiger partial charge on any atom is 0.335 e. The standard InChI is InChI=1S/C7H5ClO2.C6H7NO/c8-6-3-1-2-5(4-6)7(9)10;1-6-4-2-3-5-7(6)8/h1-4H,(H,9,10);2-5H,1H3. The van der Waals surface area contributed by atoms with Gasteiger partial charge < -0.3 is 10.3 Å². The molecule has 1 aromatic heterocycles. The lowest BCUT2D eigenvalue weighted by Crippen LogP contribution is -2.28. The van der Waals surface area contributed by atoms with Gasteiger partial charge in [-0.05, 0) is 18.2 Å². The minimum Gasteiger partial charge on any atom is -0.619 e. The van der Waals surface area contributed by atoms with Crippen LogP contribution in [0.4, 0.5) is 0 Å². The van der Waals surface area contributed by atoms with Gasteiger partial charge >= 0.3 is 5.97 Å². The Kier molecular flexibility index (Phi) is 5.14. The van der Waals surface area contributed by atoms with Crippen molar-refractivity contribution in [3.8, 4) is 0 Å². The van der Waals surface area contributed by atoms with Crippen molar-refractivity contribution in [2.75, 3.05) is 0 Å². The first kappa shape index (κ1) is 14.0. The monoisotopic (exact) mass is 265 g/mol. The van der Waals surface area contributed by atoms with E-state index in [1.807, 2.05) is 6.07 Å². The number of aromatic carboxylic acids is 1. The minimum absolute atomic E-state index is 0.215. The van der Waals surface area contributed by atoms with E-state index in [-0.39, 0.29) is 5.56 Å². The Labute approximate surface area is 110 Å². The van der Waals surface area contributed by atoms with Crippen LogP contribution in [0.1, 0.15) is 16.1 Å². The SMILES string of the molecule is Cc1cccc[n+]1[O-].O=C(O)c1cccc(Cl)c1. The smallest absolute Gasteiger partial charge is 0.335 e. The Morgan fingerprint density at radius 2 is 2.00 bits per heavy atom. The average molecular weight is 266 g/mol. The number of hydrogen-bond donors (Lipinski definition) is 1. The lowest BCUT2D eigenvalue weighted by molar-refractivity contribution is -0.612. The van der Waals surface area contributed by atoms with Crippen molar-refractivity contribution in [1.29, 1.82) is 0 Å². The highest BCUT2D eigenvalue weighted by Gasteiger charge is 2.00. The molecule has 4 nitrogen and oxygen atoms in total. The summed E-state index contributed by atoms with van der Waals surface area (Å²) >= 11 is 5.53. The molecule has 0 aliphatic rings. The van der Waals surface area contributed by atoms with Crippen LogP contribution in [-0.2, 0) is 0 Å². The zero-order valence-corrected chi connectivity index (χ0v) is 10.5. The van der Waals surface area contributed by atoms with Gasteiger partial charge in [-0.2, -0.15) is 4.73 Å². The Hall–Kier alpha value is -2.07. The molecule has 1 heterocycles. The van der Waals surface area contributed by atoms with Crippen LogP contribution in [0.25, 0.3) is 0 Å². The molecule has 0 aliphatic carbocycles. The number of aromatic nitrogens is 1. The van der Waals surface area contributed by atoms with E-state index in [1.165, 1.54) is 18.3 Å². The van der Waals surface area contributed by atoms with Gasteiger partial charge in [-0.15, -0.1) is 0 Å². The Bertz CT molecular complexity index is 522. The van der Waals surface area contributed by atoms with Gasteiger partial charge in [0.1, 0.15) is 0 Å². The summed E-state index contributed by atoms with van der Waals surface area (Å²) in [6.07, 6.45) is 1.48. The van der Waals surface area contributed by atoms with Crippen LogP contribution >= 0.6 is 11.6 Å². The first-order chi connectivity index (χ1) is 8.50. The zero-order chi connectivity index (χ0) is 13.5. The molecular weight excluding hydrogens is 254 g/mol. The first-order valence-electron chi connectivity index (χ1n) is 5.14. The van der Waals surface area contributed by atoms with Crippen LogP contribution in [0.3, 0.4) is 0 Å². The van der Waals surface area contributed by atoms with Crippen LogP contribution < -0.4 is 4.73 Å². The fourth-order valence-electron chi connectivity index (χ4n) is 1.14. The van der Waals surface area contributed by atoms with Crippen LogP contribution in [0.15, 0.2) is 48.7 Å². The number of carbonyl (C=O) groups is 1. The van der Waals surface area contributed by atoms with Gasteiger partial charge in [0, 0.05) is 24.1 Å². The number of pyridine rings is 1. The highest BCUT2D eigenvalue weighted by atomic mass is 35.5. The van der Waals surface area contributed by atoms with E-state index >= 15 is 0 Å². The zero-order valence-electron chi connectivity index (χ0n) is 9.71. The van der Waals surface area contributed by atoms with Gasteiger partial charge in [-0.1, -0.05) is 23.7 Å². The molecule has 0 bridgehead atoms. The molecule has 94 valence electrons. The average Bonchev–Trinajstić information content (AvgIpc) is 2.34. The van der Waals surface area contributed by atoms with Crippen molar-refractivity contribution in [3.05, 3.63) is 70.1 Å². The third-order valence-corrected chi connectivity index (χ3v) is 2.32. The van der Waals surface area contributed by atoms with Crippen molar-refractivity contribution >= 4 is 17.6 Å². The van der Waals surface area contributed by atoms with Gasteiger partial charge in [-0.25, -0.2) is 4.79 Å². The molecule has 0 saturated carbocycles. The molecule has 0 aliphatic heterocycles. The fourth-order valence-corrected chi connectivity index (χ4v) is 1.33. The quantitative estimate of drug-likeness (QED) is 0.637. The molecule has 0 radical (unpaired) electrons. The Balaban J connectivity index is 0.000000184. The number of carboxylic acids is 1. The first-order valence-corrected chi connectivity index (χ1v) is 5.52. The van der Waals surface area contributed by atoms with E-state index in [4.69, 9.17) is 16.7 Å². The lowest BCUT2D eigenvalue weighted by atomic mass is 10.2. The number of rotatable bonds is 1. The molecule has 1 aromatic carbocycles. The molecule has 1 N–H and O–H groups in total. The maximum absolute atomic E-state index is 10.5. The molecule has 2 aromatic rings. The summed E-state index contributed by atoms with van der Waals surface area (Å²) in [5.74, 6) is -0.956. The van der Waals surface area contributed by atoms with E-state index < -0.39 is 5.97 Å². The molecular formula is C13H12ClNO3. The summed E-state index contributed by atoms with van der Waals surface area (Å²) in [6, 6.07) is 11.5. The van der Waals surface area contributed by atoms with Crippen molar-refractivity contribution in [2.24, 2.45) is 0 Å². The molecule has 2 rings (SSSR count). The van der Waals surface area contributed by atoms with E-state index in [2.05, 4.69) is 0 Å². The van der Waals surface area contributed by atoms with Crippen molar-refractivity contribution < 1.29 is 14.6 Å². The molecule has 0 fully saturated rings. The lowest BCUT2D eigenvalue weighted by Gasteiger charge is -1.95. The minimum atomic E-state index is -0.956. The van der Waals surface area contributed by atoms with Crippen LogP contribution in [-0.4, -0.2) is 11.1 Å². The largest absolute Gasteiger partial charge is 0.619 e. The van der Waals surface area contributed by atoms with Gasteiger partial charge in [-0.3, -0.25) is 0 Å². The maximum atomic E-state index is 10.5. The van der Waals surface area contributed by atoms with E-state index in [9.17, 15) is 10.0 Å². The van der Waals surface area contributed by atoms with Gasteiger partial charge in [0.25, 0.3) is 0 Å². The normalized spacial score (nSPS) is 9.22. The molecule has 5 heteroatoms. The molecule has 0 unspecified atom stereocenters. The van der Waals surface area contributed by atoms with Gasteiger partial charge in [0.15, 0.2) is 11.9 Å². The highest BCUT2D eigenvalue weighted by molar-refractivity contribution is 6.30. The number of carboxylic acid groups (broad SMARTS) is 1. The van der Waals surface area contributed by atoms with Gasteiger partial charge in [0.2, 0.25) is 0 Å². The predicted molar refractivity (Wildman–Crippen MR) is 68.6 cm³/mol. The molecule has 0 saturated heterocycles. The summed E-state index contributed by atoms with van der Waals surface area (Å²) in [5, 5.41) is 19.4. The third-order valence-electron chi connectivity index (χ3n) is 2.09. The number of aryl methyl sites for hydroxylation is 1. The summed E-state index contributed by atoms with van der Waals surface area (Å²) in [7, 11) is 0. The van der Waals surface area contributed by atoms with E-state index in [1.54, 1.807) is 31.2 Å². The van der Waals surface area contributed by atoms with Crippen molar-refractivity contribution in [3.63, 3.8) is 0 Å². The third kappa shape index (κ3) is 4.43. The number of hydrogen-bond acceptors (Lipinski definition) is 2. The summed E-state index contributed by atoms with van der Waals surface area (Å²) in [5.41, 5.74) is 0.944. The second-order valence-electron chi connectivity index (χ2n) is 3.48. The number of nitrogens with zero attached hydrogens (tertiary/aromatic N) is 1. The number of halogens is 1. The van der Waals surface area contributed by atoms with Crippen molar-refractivity contribution in [1.82, 2.24) is 0 Å². The molecule has 0 atom stereocenters. The van der Waals surface area contributed by atoms with Crippen LogP contribution in [0.5, 0.6) is 0 Å². The second-order valence-corrected chi connectivity index (χ2v) is 3.92. The van der Waals surface area contributed by atoms with Crippen molar-refractivity contribution in [2.45, 2.75) is 6.92 Å². The number of benzene rings is 1. The van der Waals surface area contributed by atoms with E-state index in [0.29, 0.717) is 5.02 Å². The Morgan fingerprint density at radius 3 is 2.39 bits per heavy atom. The molecule has 0 spiro atoms. The molecule has 18 heavy (non-hydrogen) atoms. The topological polar surface area (TPSA) is 64.2 Å². The Morgan fingerprint density at radius 1 is 1.28 bits per heavy atom. The highest BCUT2D eigenvalue weighted by Crippen LogP contribution is 2.09. The summed E-state index contributed by atoms with van der Waals surface area (Å²) in [4.78, 5) is 10.3. The van der Waals surface area contributed by atoms with Crippen LogP contribution in [0.2, 0.25) is 5.02 Å². The second kappa shape index (κ2) is 6.61. The fraction of sp³-hybridized carbons (Fsp3) is 0.0769. The predicted octanol–water partition coefficient (Wildman–Crippen LogP) is 2.67. The van der Waals surface area contributed by atoms with E-state index in [0.717, 1.165) is 10.4 Å². The molecule has 0 amide bonds. The van der Waals surface area contributed by atoms with Gasteiger partial charge in [0.05, 0.1) is 5.56 Å². The van der Waals surface area contributed by atoms with Crippen LogP contribution in [0, 0.1) is 12.1 Å².